The molecule has 0 amide bonds. The zero-order valence-electron chi connectivity index (χ0n) is 12.2. The van der Waals surface area contributed by atoms with E-state index in [1.165, 1.54) is 25.9 Å². The first-order valence-corrected chi connectivity index (χ1v) is 7.03. The summed E-state index contributed by atoms with van der Waals surface area (Å²) in [7, 11) is 4.42. The summed E-state index contributed by atoms with van der Waals surface area (Å²) in [5.74, 6) is 0. The predicted octanol–water partition coefficient (Wildman–Crippen LogP) is 1.42. The first-order chi connectivity index (χ1) is 8.44. The molecule has 0 aromatic rings. The van der Waals surface area contributed by atoms with Crippen LogP contribution in [0.3, 0.4) is 0 Å². The van der Waals surface area contributed by atoms with Crippen molar-refractivity contribution < 1.29 is 0 Å². The summed E-state index contributed by atoms with van der Waals surface area (Å²) >= 11 is 0. The summed E-state index contributed by atoms with van der Waals surface area (Å²) in [6, 6.07) is 2.85. The fourth-order valence-electron chi connectivity index (χ4n) is 2.59. The van der Waals surface area contributed by atoms with Gasteiger partial charge in [0.05, 0.1) is 6.07 Å². The molecule has 0 radical (unpaired) electrons. The van der Waals surface area contributed by atoms with Gasteiger partial charge in [-0.1, -0.05) is 0 Å². The van der Waals surface area contributed by atoms with E-state index in [-0.39, 0.29) is 0 Å². The molecule has 4 heteroatoms. The Kier molecular flexibility index (Phi) is 6.07. The molecule has 4 nitrogen and oxygen atoms in total. The van der Waals surface area contributed by atoms with E-state index in [1.54, 1.807) is 0 Å². The van der Waals surface area contributed by atoms with Crippen LogP contribution in [0.2, 0.25) is 0 Å². The molecule has 0 aromatic heterocycles. The van der Waals surface area contributed by atoms with E-state index in [1.807, 2.05) is 6.92 Å². The van der Waals surface area contributed by atoms with E-state index >= 15 is 0 Å². The second-order valence-electron chi connectivity index (χ2n) is 6.03. The SMILES string of the molecule is CN1CCCC(N(C)CCCCC(C)(N)C#N)C1. The third kappa shape index (κ3) is 5.34. The fourth-order valence-corrected chi connectivity index (χ4v) is 2.59. The molecule has 1 aliphatic rings. The van der Waals surface area contributed by atoms with Crippen LogP contribution in [0.1, 0.15) is 39.0 Å². The molecule has 18 heavy (non-hydrogen) atoms. The van der Waals surface area contributed by atoms with Crippen molar-refractivity contribution in [2.45, 2.75) is 50.6 Å². The fraction of sp³-hybridized carbons (Fsp3) is 0.929. The Labute approximate surface area is 112 Å². The van der Waals surface area contributed by atoms with E-state index in [0.717, 1.165) is 25.8 Å². The van der Waals surface area contributed by atoms with Crippen molar-refractivity contribution in [2.75, 3.05) is 33.7 Å². The van der Waals surface area contributed by atoms with E-state index in [2.05, 4.69) is 30.0 Å². The van der Waals surface area contributed by atoms with Gasteiger partial charge < -0.3 is 15.5 Å². The summed E-state index contributed by atoms with van der Waals surface area (Å²) < 4.78 is 0. The van der Waals surface area contributed by atoms with Crippen molar-refractivity contribution in [1.82, 2.24) is 9.80 Å². The van der Waals surface area contributed by atoms with E-state index in [0.29, 0.717) is 6.04 Å². The Hall–Kier alpha value is -0.630. The lowest BCUT2D eigenvalue weighted by atomic mass is 9.98. The molecule has 1 heterocycles. The summed E-state index contributed by atoms with van der Waals surface area (Å²) in [5.41, 5.74) is 5.16. The van der Waals surface area contributed by atoms with Crippen LogP contribution in [-0.2, 0) is 0 Å². The number of hydrogen-bond donors (Lipinski definition) is 1. The van der Waals surface area contributed by atoms with Crippen LogP contribution in [-0.4, -0.2) is 55.1 Å². The first kappa shape index (κ1) is 15.4. The molecule has 2 unspecified atom stereocenters. The molecule has 1 fully saturated rings. The number of piperidine rings is 1. The number of unbranched alkanes of at least 4 members (excludes halogenated alkanes) is 1. The minimum atomic E-state index is -0.649. The van der Waals surface area contributed by atoms with Gasteiger partial charge >= 0.3 is 0 Å². The maximum absolute atomic E-state index is 8.84. The highest BCUT2D eigenvalue weighted by atomic mass is 15.2. The molecule has 1 saturated heterocycles. The maximum atomic E-state index is 8.84. The lowest BCUT2D eigenvalue weighted by Crippen LogP contribution is -2.45. The minimum absolute atomic E-state index is 0.649. The van der Waals surface area contributed by atoms with Crippen LogP contribution in [0.25, 0.3) is 0 Å². The van der Waals surface area contributed by atoms with Crippen LogP contribution < -0.4 is 5.73 Å². The minimum Gasteiger partial charge on any atom is -0.314 e. The number of likely N-dealkylation sites (tertiary alicyclic amines) is 1. The van der Waals surface area contributed by atoms with E-state index in [4.69, 9.17) is 11.0 Å². The van der Waals surface area contributed by atoms with E-state index in [9.17, 15) is 0 Å². The van der Waals surface area contributed by atoms with Crippen LogP contribution in [0.4, 0.5) is 0 Å². The molecule has 0 bridgehead atoms. The van der Waals surface area contributed by atoms with Gasteiger partial charge in [-0.3, -0.25) is 0 Å². The van der Waals surface area contributed by atoms with Gasteiger partial charge in [-0.05, 0) is 66.2 Å². The molecular formula is C14H28N4. The zero-order chi connectivity index (χ0) is 13.6. The van der Waals surface area contributed by atoms with Crippen molar-refractivity contribution in [1.29, 1.82) is 5.26 Å². The highest BCUT2D eigenvalue weighted by molar-refractivity contribution is 5.00. The van der Waals surface area contributed by atoms with Gasteiger partial charge in [0.1, 0.15) is 5.54 Å². The number of nitrogens with zero attached hydrogens (tertiary/aromatic N) is 3. The lowest BCUT2D eigenvalue weighted by molar-refractivity contribution is 0.132. The van der Waals surface area contributed by atoms with Gasteiger partial charge in [-0.15, -0.1) is 0 Å². The number of rotatable bonds is 6. The summed E-state index contributed by atoms with van der Waals surface area (Å²) in [6.45, 7) is 5.34. The van der Waals surface area contributed by atoms with Crippen LogP contribution in [0.5, 0.6) is 0 Å². The molecule has 0 aromatic carbocycles. The van der Waals surface area contributed by atoms with Gasteiger partial charge in [-0.25, -0.2) is 0 Å². The molecule has 0 saturated carbocycles. The Morgan fingerprint density at radius 2 is 2.22 bits per heavy atom. The smallest absolute Gasteiger partial charge is 0.101 e. The lowest BCUT2D eigenvalue weighted by Gasteiger charge is -2.36. The Morgan fingerprint density at radius 1 is 1.50 bits per heavy atom. The maximum Gasteiger partial charge on any atom is 0.101 e. The molecule has 2 atom stereocenters. The van der Waals surface area contributed by atoms with Crippen molar-refractivity contribution in [2.24, 2.45) is 5.73 Å². The largest absolute Gasteiger partial charge is 0.314 e. The molecular weight excluding hydrogens is 224 g/mol. The number of nitrogens with two attached hydrogens (primary N) is 1. The predicted molar refractivity (Wildman–Crippen MR) is 75.2 cm³/mol. The van der Waals surface area contributed by atoms with E-state index < -0.39 is 5.54 Å². The Morgan fingerprint density at radius 3 is 2.83 bits per heavy atom. The summed E-state index contributed by atoms with van der Waals surface area (Å²) in [5, 5.41) is 8.84. The topological polar surface area (TPSA) is 56.3 Å². The molecule has 2 N–H and O–H groups in total. The standard InChI is InChI=1S/C14H28N4/c1-14(16,12-15)8-4-5-10-18(3)13-7-6-9-17(2)11-13/h13H,4-11,16H2,1-3H3. The highest BCUT2D eigenvalue weighted by Gasteiger charge is 2.21. The van der Waals surface area contributed by atoms with Crippen molar-refractivity contribution in [3.05, 3.63) is 0 Å². The molecule has 1 rings (SSSR count). The molecule has 0 spiro atoms. The van der Waals surface area contributed by atoms with Crippen molar-refractivity contribution in [3.8, 4) is 6.07 Å². The van der Waals surface area contributed by atoms with Gasteiger partial charge in [-0.2, -0.15) is 5.26 Å². The molecule has 0 aliphatic carbocycles. The van der Waals surface area contributed by atoms with Gasteiger partial charge in [0.25, 0.3) is 0 Å². The van der Waals surface area contributed by atoms with Crippen molar-refractivity contribution >= 4 is 0 Å². The number of likely N-dealkylation sites (N-methyl/N-ethyl adjacent to an activating group) is 2. The average molecular weight is 252 g/mol. The number of hydrogen-bond acceptors (Lipinski definition) is 4. The van der Waals surface area contributed by atoms with Crippen LogP contribution in [0, 0.1) is 11.3 Å². The third-order valence-electron chi connectivity index (χ3n) is 3.94. The normalized spacial score (nSPS) is 24.8. The Bertz CT molecular complexity index is 282. The molecule has 1 aliphatic heterocycles. The summed E-state index contributed by atoms with van der Waals surface area (Å²) in [4.78, 5) is 4.88. The third-order valence-corrected chi connectivity index (χ3v) is 3.94. The van der Waals surface area contributed by atoms with Gasteiger partial charge in [0.15, 0.2) is 0 Å². The second kappa shape index (κ2) is 7.08. The van der Waals surface area contributed by atoms with Gasteiger partial charge in [0, 0.05) is 12.6 Å². The van der Waals surface area contributed by atoms with Crippen molar-refractivity contribution in [3.63, 3.8) is 0 Å². The second-order valence-corrected chi connectivity index (χ2v) is 6.03. The quantitative estimate of drug-likeness (QED) is 0.727. The average Bonchev–Trinajstić information content (AvgIpc) is 2.34. The zero-order valence-corrected chi connectivity index (χ0v) is 12.2. The van der Waals surface area contributed by atoms with Crippen LogP contribution >= 0.6 is 0 Å². The summed E-state index contributed by atoms with van der Waals surface area (Å²) in [6.07, 6.45) is 5.58. The number of nitriles is 1. The highest BCUT2D eigenvalue weighted by Crippen LogP contribution is 2.15. The Balaban J connectivity index is 2.17. The van der Waals surface area contributed by atoms with Gasteiger partial charge in [0.2, 0.25) is 0 Å². The first-order valence-electron chi connectivity index (χ1n) is 7.03. The van der Waals surface area contributed by atoms with Crippen LogP contribution in [0.15, 0.2) is 0 Å². The molecule has 104 valence electrons. The monoisotopic (exact) mass is 252 g/mol.